The number of hydrogen-bond donors (Lipinski definition) is 0. The Hall–Kier alpha value is -0.760. The van der Waals surface area contributed by atoms with Gasteiger partial charge in [-0.1, -0.05) is 35.3 Å². The molecule has 0 amide bonds. The van der Waals surface area contributed by atoms with Crippen LogP contribution in [0.1, 0.15) is 16.5 Å². The van der Waals surface area contributed by atoms with Gasteiger partial charge in [0.25, 0.3) is 0 Å². The fourth-order valence-corrected chi connectivity index (χ4v) is 2.47. The van der Waals surface area contributed by atoms with Crippen molar-refractivity contribution >= 4 is 34.8 Å². The highest BCUT2D eigenvalue weighted by Crippen LogP contribution is 2.29. The SMILES string of the molecule is Fc1ccc(Cl)cc1C(Cl)Cc1cccc(Cl)c1. The highest BCUT2D eigenvalue weighted by Gasteiger charge is 2.14. The predicted molar refractivity (Wildman–Crippen MR) is 75.2 cm³/mol. The quantitative estimate of drug-likeness (QED) is 0.642. The first-order valence-corrected chi connectivity index (χ1v) is 6.59. The Labute approximate surface area is 120 Å². The van der Waals surface area contributed by atoms with Gasteiger partial charge in [0.2, 0.25) is 0 Å². The van der Waals surface area contributed by atoms with Gasteiger partial charge in [-0.15, -0.1) is 11.6 Å². The third-order valence-electron chi connectivity index (χ3n) is 2.60. The average molecular weight is 304 g/mol. The number of hydrogen-bond acceptors (Lipinski definition) is 0. The lowest BCUT2D eigenvalue weighted by Crippen LogP contribution is -1.99. The van der Waals surface area contributed by atoms with E-state index in [9.17, 15) is 4.39 Å². The Bertz CT molecular complexity index is 554. The van der Waals surface area contributed by atoms with Crippen molar-refractivity contribution in [2.75, 3.05) is 0 Å². The molecule has 0 spiro atoms. The molecule has 1 atom stereocenters. The molecule has 1 unspecified atom stereocenters. The Morgan fingerprint density at radius 1 is 1.00 bits per heavy atom. The van der Waals surface area contributed by atoms with Crippen LogP contribution in [-0.4, -0.2) is 0 Å². The molecule has 0 aliphatic heterocycles. The van der Waals surface area contributed by atoms with Crippen LogP contribution in [0.2, 0.25) is 10.0 Å². The lowest BCUT2D eigenvalue weighted by Gasteiger charge is -2.11. The summed E-state index contributed by atoms with van der Waals surface area (Å²) in [5.41, 5.74) is 1.37. The van der Waals surface area contributed by atoms with Gasteiger partial charge in [0, 0.05) is 15.6 Å². The monoisotopic (exact) mass is 302 g/mol. The first-order chi connectivity index (χ1) is 8.56. The van der Waals surface area contributed by atoms with Crippen molar-refractivity contribution in [2.45, 2.75) is 11.8 Å². The molecule has 0 bridgehead atoms. The highest BCUT2D eigenvalue weighted by atomic mass is 35.5. The van der Waals surface area contributed by atoms with E-state index >= 15 is 0 Å². The van der Waals surface area contributed by atoms with Gasteiger partial charge in [-0.3, -0.25) is 0 Å². The highest BCUT2D eigenvalue weighted by molar-refractivity contribution is 6.31. The van der Waals surface area contributed by atoms with E-state index in [1.54, 1.807) is 12.1 Å². The third kappa shape index (κ3) is 3.38. The topological polar surface area (TPSA) is 0 Å². The van der Waals surface area contributed by atoms with E-state index in [1.807, 2.05) is 18.2 Å². The van der Waals surface area contributed by atoms with E-state index < -0.39 is 5.38 Å². The molecular weight excluding hydrogens is 294 g/mol. The summed E-state index contributed by atoms with van der Waals surface area (Å²) in [5.74, 6) is -0.346. The largest absolute Gasteiger partial charge is 0.207 e. The average Bonchev–Trinajstić information content (AvgIpc) is 2.32. The molecule has 2 rings (SSSR count). The minimum absolute atomic E-state index is 0.346. The Morgan fingerprint density at radius 3 is 2.44 bits per heavy atom. The molecule has 0 aromatic heterocycles. The van der Waals surface area contributed by atoms with Crippen molar-refractivity contribution in [1.29, 1.82) is 0 Å². The second-order valence-electron chi connectivity index (χ2n) is 3.97. The summed E-state index contributed by atoms with van der Waals surface area (Å²) in [5, 5.41) is 0.647. The minimum Gasteiger partial charge on any atom is -0.207 e. The zero-order chi connectivity index (χ0) is 13.1. The van der Waals surface area contributed by atoms with Crippen molar-refractivity contribution in [1.82, 2.24) is 0 Å². The van der Waals surface area contributed by atoms with E-state index in [0.29, 0.717) is 22.0 Å². The smallest absolute Gasteiger partial charge is 0.128 e. The van der Waals surface area contributed by atoms with Crippen molar-refractivity contribution < 1.29 is 4.39 Å². The molecule has 0 aliphatic carbocycles. The molecule has 0 saturated heterocycles. The van der Waals surface area contributed by atoms with Gasteiger partial charge in [-0.05, 0) is 42.3 Å². The second-order valence-corrected chi connectivity index (χ2v) is 5.37. The maximum Gasteiger partial charge on any atom is 0.128 e. The molecule has 0 aliphatic rings. The van der Waals surface area contributed by atoms with E-state index in [2.05, 4.69) is 0 Å². The molecule has 0 fully saturated rings. The zero-order valence-corrected chi connectivity index (χ0v) is 11.6. The van der Waals surface area contributed by atoms with E-state index in [1.165, 1.54) is 12.1 Å². The van der Waals surface area contributed by atoms with Crippen molar-refractivity contribution in [3.63, 3.8) is 0 Å². The Morgan fingerprint density at radius 2 is 1.72 bits per heavy atom. The molecule has 18 heavy (non-hydrogen) atoms. The van der Waals surface area contributed by atoms with Crippen LogP contribution in [0.15, 0.2) is 42.5 Å². The summed E-state index contributed by atoms with van der Waals surface area (Å²) in [6.07, 6.45) is 0.499. The number of alkyl halides is 1. The van der Waals surface area contributed by atoms with Crippen LogP contribution in [0, 0.1) is 5.82 Å². The maximum absolute atomic E-state index is 13.6. The normalized spacial score (nSPS) is 12.4. The Kier molecular flexibility index (Phi) is 4.50. The summed E-state index contributed by atoms with van der Waals surface area (Å²) < 4.78 is 13.6. The van der Waals surface area contributed by atoms with Gasteiger partial charge in [0.15, 0.2) is 0 Å². The van der Waals surface area contributed by atoms with Crippen LogP contribution in [0.4, 0.5) is 4.39 Å². The summed E-state index contributed by atoms with van der Waals surface area (Å²) in [6.45, 7) is 0. The second kappa shape index (κ2) is 5.92. The lowest BCUT2D eigenvalue weighted by molar-refractivity contribution is 0.606. The van der Waals surface area contributed by atoms with Crippen LogP contribution < -0.4 is 0 Å². The molecular formula is C14H10Cl3F. The van der Waals surface area contributed by atoms with Gasteiger partial charge in [0.1, 0.15) is 5.82 Å². The van der Waals surface area contributed by atoms with Gasteiger partial charge < -0.3 is 0 Å². The number of halogens is 4. The first kappa shape index (κ1) is 13.7. The minimum atomic E-state index is -0.470. The van der Waals surface area contributed by atoms with Crippen LogP contribution >= 0.6 is 34.8 Å². The van der Waals surface area contributed by atoms with Crippen LogP contribution in [0.25, 0.3) is 0 Å². The van der Waals surface area contributed by atoms with Crippen LogP contribution in [-0.2, 0) is 6.42 Å². The molecule has 0 N–H and O–H groups in total. The molecule has 2 aromatic carbocycles. The van der Waals surface area contributed by atoms with E-state index in [-0.39, 0.29) is 5.82 Å². The molecule has 0 nitrogen and oxygen atoms in total. The number of rotatable bonds is 3. The maximum atomic E-state index is 13.6. The summed E-state index contributed by atoms with van der Waals surface area (Å²) >= 11 is 18.0. The fraction of sp³-hybridized carbons (Fsp3) is 0.143. The van der Waals surface area contributed by atoms with E-state index in [0.717, 1.165) is 5.56 Å². The van der Waals surface area contributed by atoms with Crippen LogP contribution in [0.3, 0.4) is 0 Å². The van der Waals surface area contributed by atoms with Crippen LogP contribution in [0.5, 0.6) is 0 Å². The summed E-state index contributed by atoms with van der Waals surface area (Å²) in [6, 6.07) is 11.7. The molecule has 0 heterocycles. The van der Waals surface area contributed by atoms with Crippen molar-refractivity contribution in [2.24, 2.45) is 0 Å². The molecule has 94 valence electrons. The molecule has 0 saturated carbocycles. The summed E-state index contributed by atoms with van der Waals surface area (Å²) in [7, 11) is 0. The third-order valence-corrected chi connectivity index (χ3v) is 3.46. The summed E-state index contributed by atoms with van der Waals surface area (Å²) in [4.78, 5) is 0. The standard InChI is InChI=1S/C14H10Cl3F/c15-10-3-1-2-9(6-10)7-13(17)12-8-11(16)4-5-14(12)18/h1-6,8,13H,7H2. The van der Waals surface area contributed by atoms with Crippen molar-refractivity contribution in [3.05, 3.63) is 69.5 Å². The van der Waals surface area contributed by atoms with Crippen molar-refractivity contribution in [3.8, 4) is 0 Å². The number of benzene rings is 2. The van der Waals surface area contributed by atoms with Gasteiger partial charge in [0.05, 0.1) is 5.38 Å². The first-order valence-electron chi connectivity index (χ1n) is 5.40. The van der Waals surface area contributed by atoms with Gasteiger partial charge >= 0.3 is 0 Å². The molecule has 2 aromatic rings. The molecule has 4 heteroatoms. The predicted octanol–water partition coefficient (Wildman–Crippen LogP) is 5.66. The zero-order valence-electron chi connectivity index (χ0n) is 9.34. The van der Waals surface area contributed by atoms with Gasteiger partial charge in [-0.2, -0.15) is 0 Å². The fourth-order valence-electron chi connectivity index (χ4n) is 1.74. The molecule has 0 radical (unpaired) electrons. The van der Waals surface area contributed by atoms with E-state index in [4.69, 9.17) is 34.8 Å². The van der Waals surface area contributed by atoms with Gasteiger partial charge in [-0.25, -0.2) is 4.39 Å². The Balaban J connectivity index is 2.21. The lowest BCUT2D eigenvalue weighted by atomic mass is 10.0.